The molecule has 1 aliphatic heterocycles. The Hall–Kier alpha value is -1.59. The van der Waals surface area contributed by atoms with Gasteiger partial charge in [0.2, 0.25) is 0 Å². The SMILES string of the molecule is CN(C)C(c1ccc2oc(=O)[nH]c2c1)C1CNC1. The average Bonchev–Trinajstić information content (AvgIpc) is 2.61. The highest BCUT2D eigenvalue weighted by Crippen LogP contribution is 2.30. The Bertz CT molecular complexity index is 610. The molecule has 1 aliphatic rings. The average molecular weight is 247 g/mol. The summed E-state index contributed by atoms with van der Waals surface area (Å²) in [4.78, 5) is 16.1. The van der Waals surface area contributed by atoms with E-state index in [0.29, 0.717) is 17.5 Å². The maximum absolute atomic E-state index is 11.2. The van der Waals surface area contributed by atoms with Gasteiger partial charge in [-0.25, -0.2) is 4.79 Å². The van der Waals surface area contributed by atoms with Gasteiger partial charge in [0, 0.05) is 25.0 Å². The molecule has 0 aliphatic carbocycles. The third-order valence-corrected chi connectivity index (χ3v) is 3.60. The van der Waals surface area contributed by atoms with E-state index in [4.69, 9.17) is 4.42 Å². The number of rotatable bonds is 3. The quantitative estimate of drug-likeness (QED) is 0.847. The molecular weight excluding hydrogens is 230 g/mol. The lowest BCUT2D eigenvalue weighted by Crippen LogP contribution is -2.48. The van der Waals surface area contributed by atoms with Crippen LogP contribution < -0.4 is 11.1 Å². The molecule has 0 bridgehead atoms. The van der Waals surface area contributed by atoms with Gasteiger partial charge in [0.1, 0.15) is 0 Å². The van der Waals surface area contributed by atoms with Crippen LogP contribution in [0.4, 0.5) is 0 Å². The molecule has 5 nitrogen and oxygen atoms in total. The Kier molecular flexibility index (Phi) is 2.72. The predicted octanol–water partition coefficient (Wildman–Crippen LogP) is 0.943. The summed E-state index contributed by atoms with van der Waals surface area (Å²) in [5, 5.41) is 3.30. The second-order valence-electron chi connectivity index (χ2n) is 5.10. The van der Waals surface area contributed by atoms with Crippen LogP contribution in [0.3, 0.4) is 0 Å². The first-order valence-corrected chi connectivity index (χ1v) is 6.15. The lowest BCUT2D eigenvalue weighted by molar-refractivity contribution is 0.161. The summed E-state index contributed by atoms with van der Waals surface area (Å²) in [6.45, 7) is 2.09. The normalized spacial score (nSPS) is 18.2. The second kappa shape index (κ2) is 4.26. The molecule has 1 aromatic carbocycles. The summed E-state index contributed by atoms with van der Waals surface area (Å²) in [7, 11) is 4.18. The minimum atomic E-state index is -0.395. The van der Waals surface area contributed by atoms with Gasteiger partial charge in [0.05, 0.1) is 5.52 Å². The van der Waals surface area contributed by atoms with Gasteiger partial charge in [0.15, 0.2) is 5.58 Å². The third kappa shape index (κ3) is 1.85. The summed E-state index contributed by atoms with van der Waals surface area (Å²) >= 11 is 0. The summed E-state index contributed by atoms with van der Waals surface area (Å²) in [6.07, 6.45) is 0. The molecule has 3 rings (SSSR count). The molecule has 5 heteroatoms. The van der Waals surface area contributed by atoms with Gasteiger partial charge < -0.3 is 14.6 Å². The van der Waals surface area contributed by atoms with Crippen molar-refractivity contribution in [1.29, 1.82) is 0 Å². The Balaban J connectivity index is 2.02. The molecule has 1 aromatic heterocycles. The molecule has 1 unspecified atom stereocenters. The molecule has 1 fully saturated rings. The minimum Gasteiger partial charge on any atom is -0.408 e. The summed E-state index contributed by atoms with van der Waals surface area (Å²) in [6, 6.07) is 6.30. The molecule has 0 amide bonds. The van der Waals surface area contributed by atoms with Gasteiger partial charge in [-0.3, -0.25) is 4.98 Å². The number of benzene rings is 1. The van der Waals surface area contributed by atoms with E-state index >= 15 is 0 Å². The van der Waals surface area contributed by atoms with Crippen molar-refractivity contribution in [3.8, 4) is 0 Å². The molecule has 2 N–H and O–H groups in total. The van der Waals surface area contributed by atoms with E-state index in [9.17, 15) is 4.79 Å². The van der Waals surface area contributed by atoms with E-state index < -0.39 is 5.76 Å². The zero-order valence-electron chi connectivity index (χ0n) is 10.6. The predicted molar refractivity (Wildman–Crippen MR) is 69.6 cm³/mol. The van der Waals surface area contributed by atoms with Gasteiger partial charge in [-0.2, -0.15) is 0 Å². The molecular formula is C13H17N3O2. The van der Waals surface area contributed by atoms with Gasteiger partial charge in [0.25, 0.3) is 0 Å². The molecule has 2 heterocycles. The Morgan fingerprint density at radius 3 is 2.78 bits per heavy atom. The molecule has 0 radical (unpaired) electrons. The highest BCUT2D eigenvalue weighted by molar-refractivity contribution is 5.73. The Morgan fingerprint density at radius 2 is 2.17 bits per heavy atom. The summed E-state index contributed by atoms with van der Waals surface area (Å²) in [5.74, 6) is 0.227. The fourth-order valence-corrected chi connectivity index (χ4v) is 2.68. The van der Waals surface area contributed by atoms with Crippen molar-refractivity contribution in [2.24, 2.45) is 5.92 Å². The Morgan fingerprint density at radius 1 is 1.39 bits per heavy atom. The van der Waals surface area contributed by atoms with Crippen molar-refractivity contribution in [1.82, 2.24) is 15.2 Å². The van der Waals surface area contributed by atoms with E-state index in [2.05, 4.69) is 29.3 Å². The first-order chi connectivity index (χ1) is 8.65. The summed E-state index contributed by atoms with van der Waals surface area (Å²) < 4.78 is 5.03. The van der Waals surface area contributed by atoms with E-state index in [-0.39, 0.29) is 0 Å². The van der Waals surface area contributed by atoms with Crippen LogP contribution in [0.5, 0.6) is 0 Å². The summed E-state index contributed by atoms with van der Waals surface area (Å²) in [5.41, 5.74) is 2.61. The number of hydrogen-bond donors (Lipinski definition) is 2. The fourth-order valence-electron chi connectivity index (χ4n) is 2.68. The number of H-pyrrole nitrogens is 1. The molecule has 0 spiro atoms. The van der Waals surface area contributed by atoms with Crippen LogP contribution in [0, 0.1) is 5.92 Å². The standard InChI is InChI=1S/C13H17N3O2/c1-16(2)12(9-6-14-7-9)8-3-4-11-10(5-8)15-13(17)18-11/h3-5,9,12,14H,6-7H2,1-2H3,(H,15,17). The van der Waals surface area contributed by atoms with Crippen LogP contribution in [-0.2, 0) is 0 Å². The monoisotopic (exact) mass is 247 g/mol. The number of hydrogen-bond acceptors (Lipinski definition) is 4. The van der Waals surface area contributed by atoms with Gasteiger partial charge in [-0.1, -0.05) is 6.07 Å². The zero-order chi connectivity index (χ0) is 12.7. The van der Waals surface area contributed by atoms with Crippen molar-refractivity contribution in [2.75, 3.05) is 27.2 Å². The number of fused-ring (bicyclic) bond motifs is 1. The minimum absolute atomic E-state index is 0.369. The highest BCUT2D eigenvalue weighted by Gasteiger charge is 2.30. The molecule has 0 saturated carbocycles. The highest BCUT2D eigenvalue weighted by atomic mass is 16.4. The van der Waals surface area contributed by atoms with Crippen LogP contribution in [0.2, 0.25) is 0 Å². The molecule has 96 valence electrons. The number of aromatic amines is 1. The number of nitrogens with zero attached hydrogens (tertiary/aromatic N) is 1. The van der Waals surface area contributed by atoms with Crippen LogP contribution in [0.1, 0.15) is 11.6 Å². The topological polar surface area (TPSA) is 61.3 Å². The zero-order valence-corrected chi connectivity index (χ0v) is 10.6. The van der Waals surface area contributed by atoms with E-state index in [0.717, 1.165) is 18.6 Å². The van der Waals surface area contributed by atoms with Crippen LogP contribution >= 0.6 is 0 Å². The maximum Gasteiger partial charge on any atom is 0.417 e. The second-order valence-corrected chi connectivity index (χ2v) is 5.10. The smallest absolute Gasteiger partial charge is 0.408 e. The molecule has 18 heavy (non-hydrogen) atoms. The van der Waals surface area contributed by atoms with Crippen molar-refractivity contribution < 1.29 is 4.42 Å². The van der Waals surface area contributed by atoms with Crippen molar-refractivity contribution in [2.45, 2.75) is 6.04 Å². The van der Waals surface area contributed by atoms with Crippen LogP contribution in [0.15, 0.2) is 27.4 Å². The number of aromatic nitrogens is 1. The van der Waals surface area contributed by atoms with Crippen LogP contribution in [-0.4, -0.2) is 37.1 Å². The van der Waals surface area contributed by atoms with Crippen LogP contribution in [0.25, 0.3) is 11.1 Å². The molecule has 2 aromatic rings. The van der Waals surface area contributed by atoms with Gasteiger partial charge in [-0.05, 0) is 31.8 Å². The third-order valence-electron chi connectivity index (χ3n) is 3.60. The number of oxazole rings is 1. The van der Waals surface area contributed by atoms with E-state index in [1.807, 2.05) is 18.2 Å². The first-order valence-electron chi connectivity index (χ1n) is 6.15. The van der Waals surface area contributed by atoms with Crippen molar-refractivity contribution >= 4 is 11.1 Å². The first kappa shape index (κ1) is 11.5. The fraction of sp³-hybridized carbons (Fsp3) is 0.462. The van der Waals surface area contributed by atoms with E-state index in [1.54, 1.807) is 0 Å². The largest absolute Gasteiger partial charge is 0.417 e. The number of nitrogens with one attached hydrogen (secondary N) is 2. The van der Waals surface area contributed by atoms with Gasteiger partial charge >= 0.3 is 5.76 Å². The van der Waals surface area contributed by atoms with Crippen molar-refractivity contribution in [3.05, 3.63) is 34.3 Å². The van der Waals surface area contributed by atoms with Crippen molar-refractivity contribution in [3.63, 3.8) is 0 Å². The lowest BCUT2D eigenvalue weighted by atomic mass is 9.87. The molecule has 1 saturated heterocycles. The van der Waals surface area contributed by atoms with Gasteiger partial charge in [-0.15, -0.1) is 0 Å². The Labute approximate surface area is 105 Å². The lowest BCUT2D eigenvalue weighted by Gasteiger charge is -2.38. The maximum atomic E-state index is 11.2. The van der Waals surface area contributed by atoms with E-state index in [1.165, 1.54) is 5.56 Å². The molecule has 1 atom stereocenters.